The summed E-state index contributed by atoms with van der Waals surface area (Å²) < 4.78 is 217. The second-order valence-electron chi connectivity index (χ2n) is 30.4. The molecule has 20 N–H and O–H groups in total. The highest BCUT2D eigenvalue weighted by Crippen LogP contribution is 2.62. The van der Waals surface area contributed by atoms with Gasteiger partial charge in [0.2, 0.25) is 17.8 Å². The lowest BCUT2D eigenvalue weighted by Crippen LogP contribution is -2.34. The molecule has 9 saturated heterocycles. The Morgan fingerprint density at radius 1 is 0.348 bits per heavy atom. The van der Waals surface area contributed by atoms with Crippen molar-refractivity contribution in [3.8, 4) is 0 Å². The number of hydrogen-bond donors (Lipinski definition) is 15. The third kappa shape index (κ3) is 18.7. The number of fused-ring (bicyclic) bond motifs is 15. The number of ether oxygens (including phenoxy) is 6. The first kappa shape index (κ1) is 96.0. The molecule has 0 aliphatic carbocycles. The van der Waals surface area contributed by atoms with E-state index in [-0.39, 0.29) is 90.7 Å². The van der Waals surface area contributed by atoms with Crippen molar-refractivity contribution in [3.63, 3.8) is 0 Å². The molecule has 0 amide bonds. The summed E-state index contributed by atoms with van der Waals surface area (Å²) in [6, 6.07) is 4.52. The predicted molar refractivity (Wildman–Crippen MR) is 468 cm³/mol. The number of nitrogens with two attached hydrogens (primary N) is 6. The van der Waals surface area contributed by atoms with Crippen molar-refractivity contribution in [1.82, 2.24) is 108 Å². The van der Waals surface area contributed by atoms with Crippen LogP contribution in [0.25, 0.3) is 67.0 Å². The summed E-state index contributed by atoms with van der Waals surface area (Å²) >= 11 is 29.7. The van der Waals surface area contributed by atoms with Crippen molar-refractivity contribution in [2.75, 3.05) is 74.0 Å². The smallest absolute Gasteiger partial charge is 0.386 e. The van der Waals surface area contributed by atoms with E-state index in [4.69, 9.17) is 176 Å². The maximum Gasteiger partial charge on any atom is 0.386 e. The minimum absolute atomic E-state index is 0.0852. The molecule has 55 nitrogen and oxygen atoms in total. The number of nitrogens with one attached hydrogen (secondary N) is 3. The number of nitrogen functional groups attached to an aromatic ring is 6. The number of hydrogen-bond acceptors (Lipinski definition) is 46. The summed E-state index contributed by atoms with van der Waals surface area (Å²) in [7, 11) is 0. The molecule has 9 fully saturated rings. The van der Waals surface area contributed by atoms with Crippen LogP contribution < -0.4 is 51.1 Å². The van der Waals surface area contributed by atoms with Gasteiger partial charge >= 0.3 is 40.4 Å². The molecule has 73 heteroatoms. The van der Waals surface area contributed by atoms with E-state index in [1.54, 1.807) is 0 Å². The zero-order valence-corrected chi connectivity index (χ0v) is 77.4. The van der Waals surface area contributed by atoms with Gasteiger partial charge in [-0.25, -0.2) is 70.8 Å². The number of nitrogens with zero attached hydrogens (tertiary/aromatic N) is 19. The van der Waals surface area contributed by atoms with Gasteiger partial charge in [-0.15, -0.1) is 5.10 Å². The van der Waals surface area contributed by atoms with Gasteiger partial charge in [-0.2, -0.15) is 19.6 Å². The lowest BCUT2D eigenvalue weighted by atomic mass is 10.1. The summed E-state index contributed by atoms with van der Waals surface area (Å²) in [6.45, 7) is -30.2. The number of thiol groups is 1. The normalized spacial score (nSPS) is 37.7. The number of H-pyrrole nitrogens is 3. The molecule has 0 aromatic carbocycles. The van der Waals surface area contributed by atoms with Crippen LogP contribution in [0.2, 0.25) is 0 Å². The molecule has 726 valence electrons. The number of anilines is 6. The van der Waals surface area contributed by atoms with E-state index in [0.717, 1.165) is 37.4 Å². The van der Waals surface area contributed by atoms with Gasteiger partial charge < -0.3 is 110 Å². The highest BCUT2D eigenvalue weighted by molar-refractivity contribution is 8.44. The highest BCUT2D eigenvalue weighted by atomic mass is 32.7. The van der Waals surface area contributed by atoms with Gasteiger partial charge in [0, 0.05) is 18.6 Å². The van der Waals surface area contributed by atoms with Crippen LogP contribution in [0.5, 0.6) is 0 Å². The van der Waals surface area contributed by atoms with Crippen LogP contribution in [0.3, 0.4) is 0 Å². The van der Waals surface area contributed by atoms with Crippen molar-refractivity contribution in [2.24, 2.45) is 0 Å². The van der Waals surface area contributed by atoms with E-state index in [9.17, 15) is 43.4 Å². The van der Waals surface area contributed by atoms with Gasteiger partial charge in [-0.3, -0.25) is 83.8 Å². The number of alkyl halides is 6. The molecular weight excluding hydrogens is 2060 g/mol. The molecule has 135 heavy (non-hydrogen) atoms. The number of pyridine rings is 3. The van der Waals surface area contributed by atoms with Crippen molar-refractivity contribution in [1.29, 1.82) is 0 Å². The lowest BCUT2D eigenvalue weighted by molar-refractivity contribution is -0.0617. The first-order chi connectivity index (χ1) is 63.9. The fraction of sp³-hybridized carbons (Fsp3) is 0.484. The molecule has 6 bridgehead atoms. The fourth-order valence-electron chi connectivity index (χ4n) is 15.8. The third-order valence-corrected chi connectivity index (χ3v) is 31.3. The molecule has 12 aromatic rings. The van der Waals surface area contributed by atoms with Crippen LogP contribution in [0.1, 0.15) is 37.4 Å². The summed E-state index contributed by atoms with van der Waals surface area (Å²) in [5.74, 6) is -0.773. The lowest BCUT2D eigenvalue weighted by Gasteiger charge is -2.27. The zero-order chi connectivity index (χ0) is 95.5. The molecule has 30 atom stereocenters. The Balaban J connectivity index is 0.000000130. The Labute approximate surface area is 775 Å². The quantitative estimate of drug-likeness (QED) is 0.0638. The number of aromatic nitrogens is 22. The van der Waals surface area contributed by atoms with Gasteiger partial charge in [-0.05, 0) is 77.2 Å². The number of imidazole rings is 5. The van der Waals surface area contributed by atoms with Crippen LogP contribution in [0, 0.1) is 0 Å². The molecule has 21 rings (SSSR count). The molecule has 21 heterocycles. The maximum atomic E-state index is 16.0. The summed E-state index contributed by atoms with van der Waals surface area (Å²) in [5.41, 5.74) is 34.2. The van der Waals surface area contributed by atoms with E-state index in [0.29, 0.717) is 11.2 Å². The van der Waals surface area contributed by atoms with Crippen LogP contribution in [0.15, 0.2) is 82.8 Å². The number of aromatic amines is 3. The molecule has 0 radical (unpaired) electrons. The molecule has 9 aliphatic heterocycles. The molecule has 0 saturated carbocycles. The maximum absolute atomic E-state index is 16.0. The third-order valence-electron chi connectivity index (χ3n) is 21.9. The van der Waals surface area contributed by atoms with Crippen LogP contribution in [0.4, 0.5) is 61.2 Å². The second kappa shape index (κ2) is 36.7. The van der Waals surface area contributed by atoms with Gasteiger partial charge in [0.25, 0.3) is 16.7 Å². The fourth-order valence-corrected chi connectivity index (χ4v) is 24.4. The van der Waals surface area contributed by atoms with Crippen molar-refractivity contribution in [2.45, 2.75) is 148 Å². The van der Waals surface area contributed by atoms with Crippen molar-refractivity contribution < 1.29 is 138 Å². The van der Waals surface area contributed by atoms with E-state index in [2.05, 4.69) is 92.3 Å². The second-order valence-corrected chi connectivity index (χ2v) is 47.3. The monoisotopic (exact) mass is 2130 g/mol. The van der Waals surface area contributed by atoms with Gasteiger partial charge in [0.15, 0.2) is 130 Å². The Kier molecular flexibility index (Phi) is 26.1. The van der Waals surface area contributed by atoms with E-state index >= 15 is 26.3 Å². The standard InChI is InChI=1S/2C21H23F2N9O9P2S2.C20H22F2N10O9P2S2/c2*22-10-8-3-36-42(34,44)40-14-9(39-19(11(14)23)31-5-27-12-7(24)1-2-26-16(12)31)4-37-43(35,45)41-15(10)20(38-8)32-6-28-13-17(32)29-21(25)30-18(13)33;21-9-7-3-36-42(34,44)40-13-8(39-18(10(13)22)32-15-11(29-30-32)6(23)1-2-25-15)4-37-43(35,45)41-14(9)19(38-7)31-5-26-12-16(31)27-20(24)28-17(12)33/h2*1-2,5-6,8-11,14-15,19-20H,3-4H2,(H2,24,26)(H,34,44)(H,35,45)(H3,25,29,30,33);1-2,5,7-10,13-14,18-19H,3-4H2,(H2,23,25)(H,34,44)(H,35,45)(H3,24,27,28,33)/t2*8-,9-,10-,11+,14-,15-,19-,20-,42?,43?;7-,8-,9-,10+,13-,14-,18-,19-,42?,43?/m111/s1. The minimum atomic E-state index is -4.48. The minimum Gasteiger partial charge on any atom is -0.397 e. The van der Waals surface area contributed by atoms with Crippen molar-refractivity contribution in [3.05, 3.63) is 99.5 Å². The Morgan fingerprint density at radius 2 is 0.622 bits per heavy atom. The van der Waals surface area contributed by atoms with E-state index < -0.39 is 244 Å². The molecule has 0 spiro atoms. The van der Waals surface area contributed by atoms with Gasteiger partial charge in [-0.1, -0.05) is 17.5 Å². The number of rotatable bonds is 6. The van der Waals surface area contributed by atoms with Crippen LogP contribution in [-0.2, 0) is 146 Å². The Morgan fingerprint density at radius 3 is 0.978 bits per heavy atom. The van der Waals surface area contributed by atoms with Crippen LogP contribution in [-0.4, -0.2) is 282 Å². The molecule has 12 aromatic heterocycles. The average molecular weight is 2130 g/mol. The summed E-state index contributed by atoms with van der Waals surface area (Å²) in [6.07, 6.45) is -29.5. The average Bonchev–Trinajstić information content (AvgIpc) is 1.63. The first-order valence-corrected chi connectivity index (χ1v) is 54.6. The summed E-state index contributed by atoms with van der Waals surface area (Å²) in [5, 5.41) is 7.82. The van der Waals surface area contributed by atoms with Gasteiger partial charge in [0.1, 0.15) is 84.3 Å². The highest BCUT2D eigenvalue weighted by Gasteiger charge is 2.59. The van der Waals surface area contributed by atoms with Crippen molar-refractivity contribution >= 4 is 214 Å². The van der Waals surface area contributed by atoms with E-state index in [1.807, 2.05) is 0 Å². The predicted octanol–water partition coefficient (Wildman–Crippen LogP) is 1.57. The number of halogens is 6. The van der Waals surface area contributed by atoms with Crippen LogP contribution >= 0.6 is 52.6 Å². The van der Waals surface area contributed by atoms with E-state index in [1.165, 1.54) is 58.6 Å². The Bertz CT molecular complexity index is 6500. The Hall–Kier alpha value is -7.87. The largest absolute Gasteiger partial charge is 0.397 e. The first-order valence-electron chi connectivity index (χ1n) is 38.9. The topological polar surface area (TPSA) is 736 Å². The zero-order valence-electron chi connectivity index (χ0n) is 67.1. The molecular formula is C62H68F6N28O27P6S6. The summed E-state index contributed by atoms with van der Waals surface area (Å²) in [4.78, 5) is 143. The molecule has 9 aliphatic rings. The molecule has 6 unspecified atom stereocenters. The van der Waals surface area contributed by atoms with Gasteiger partial charge in [0.05, 0.1) is 88.3 Å². The SMILES string of the molecule is Nc1nc2c(ncn2[C@@H]2O[C@@H]3COP(O)(=S)O[C@H]4[C@H](F)[C@H](n5cnc6c(N)ccnc65)O[C@@H]4COP(=O)(S)O[C@@H]2[C@@H]3F)c(=O)[nH]1.Nc1nc2c(ncn2[C@@H]2O[C@@H]3COP(O)(=S)O[C@H]4[C@H](F)[C@H](n5cnc6c(N)ccnc65)O[C@@H]4COP(O)(=S)O[C@@H]2[C@@H]3F)c(=O)[nH]1.Nc1nc2c(ncn2[C@@H]2O[C@@H]3COP(O)(=S)O[C@H]4[C@H](F)[C@H](n5nnc6c(N)ccnc65)O[C@@H]4COP(O)(=S)O[C@@H]2[C@@H]3F)c(=O)[nH]1.